The minimum Gasteiger partial charge on any atom is -0.453 e. The van der Waals surface area contributed by atoms with Crippen LogP contribution in [0.2, 0.25) is 0 Å². The van der Waals surface area contributed by atoms with Gasteiger partial charge in [0.15, 0.2) is 0 Å². The van der Waals surface area contributed by atoms with Gasteiger partial charge in [0.25, 0.3) is 0 Å². The van der Waals surface area contributed by atoms with E-state index in [1.807, 2.05) is 4.90 Å². The Labute approximate surface area is 150 Å². The van der Waals surface area contributed by atoms with Crippen molar-refractivity contribution in [2.24, 2.45) is 17.3 Å². The number of hydrogen-bond donors (Lipinski definition) is 1. The third kappa shape index (κ3) is 3.14. The zero-order chi connectivity index (χ0) is 17.4. The summed E-state index contributed by atoms with van der Waals surface area (Å²) in [5, 5.41) is 3.41. The van der Waals surface area contributed by atoms with E-state index in [9.17, 15) is 9.59 Å². The number of likely N-dealkylation sites (tertiary alicyclic amines) is 2. The monoisotopic (exact) mass is 349 g/mol. The quantitative estimate of drug-likeness (QED) is 0.826. The standard InChI is InChI=1S/C19H31N3O3/c1-25-18(24)21-10-6-19(13-21)11-15(12-19)22-9-2-3-16(17(22)23)14-4-7-20-8-5-14/h14-16,20H,2-13H2,1H3. The van der Waals surface area contributed by atoms with Crippen LogP contribution in [0.3, 0.4) is 0 Å². The van der Waals surface area contributed by atoms with Crippen LogP contribution in [-0.4, -0.2) is 67.7 Å². The lowest BCUT2D eigenvalue weighted by atomic mass is 9.63. The zero-order valence-electron chi connectivity index (χ0n) is 15.3. The van der Waals surface area contributed by atoms with Gasteiger partial charge < -0.3 is 19.9 Å². The molecule has 0 radical (unpaired) electrons. The number of nitrogens with zero attached hydrogens (tertiary/aromatic N) is 2. The number of methoxy groups -OCH3 is 1. The molecule has 4 rings (SSSR count). The molecule has 1 atom stereocenters. The predicted octanol–water partition coefficient (Wildman–Crippen LogP) is 1.85. The fraction of sp³-hybridized carbons (Fsp3) is 0.895. The van der Waals surface area contributed by atoms with E-state index < -0.39 is 0 Å². The normalized spacial score (nSPS) is 36.6. The number of carbonyl (C=O) groups is 2. The highest BCUT2D eigenvalue weighted by molar-refractivity contribution is 5.80. The third-order valence-electron chi connectivity index (χ3n) is 7.12. The van der Waals surface area contributed by atoms with Crippen LogP contribution in [-0.2, 0) is 9.53 Å². The number of rotatable bonds is 2. The first-order chi connectivity index (χ1) is 12.1. The summed E-state index contributed by atoms with van der Waals surface area (Å²) in [5.41, 5.74) is 0.237. The molecule has 1 aliphatic carbocycles. The Bertz CT molecular complexity index is 526. The summed E-state index contributed by atoms with van der Waals surface area (Å²) < 4.78 is 4.85. The zero-order valence-corrected chi connectivity index (χ0v) is 15.3. The molecule has 3 saturated heterocycles. The average Bonchev–Trinajstić information content (AvgIpc) is 3.07. The van der Waals surface area contributed by atoms with Crippen LogP contribution in [0.25, 0.3) is 0 Å². The first kappa shape index (κ1) is 17.1. The number of nitrogens with one attached hydrogen (secondary N) is 1. The van der Waals surface area contributed by atoms with Crippen molar-refractivity contribution >= 4 is 12.0 Å². The second kappa shape index (κ2) is 6.78. The van der Waals surface area contributed by atoms with Gasteiger partial charge in [-0.05, 0) is 69.4 Å². The molecule has 3 heterocycles. The summed E-state index contributed by atoms with van der Waals surface area (Å²) in [6.07, 6.45) is 7.49. The molecule has 1 N–H and O–H groups in total. The van der Waals surface area contributed by atoms with Gasteiger partial charge >= 0.3 is 6.09 Å². The minimum atomic E-state index is -0.208. The second-order valence-electron chi connectivity index (χ2n) is 8.57. The smallest absolute Gasteiger partial charge is 0.409 e. The molecule has 0 bridgehead atoms. The summed E-state index contributed by atoms with van der Waals surface area (Å²) in [4.78, 5) is 28.9. The molecule has 1 spiro atoms. The SMILES string of the molecule is COC(=O)N1CCC2(CC(N3CCCC(C4CCNCC4)C3=O)C2)C1. The van der Waals surface area contributed by atoms with Gasteiger partial charge in [-0.3, -0.25) is 4.79 Å². The Morgan fingerprint density at radius 3 is 2.68 bits per heavy atom. The van der Waals surface area contributed by atoms with Crippen molar-refractivity contribution in [3.63, 3.8) is 0 Å². The summed E-state index contributed by atoms with van der Waals surface area (Å²) in [6, 6.07) is 0.398. The van der Waals surface area contributed by atoms with Crippen molar-refractivity contribution in [1.29, 1.82) is 0 Å². The maximum Gasteiger partial charge on any atom is 0.409 e. The van der Waals surface area contributed by atoms with Gasteiger partial charge in [-0.25, -0.2) is 4.79 Å². The summed E-state index contributed by atoms with van der Waals surface area (Å²) in [7, 11) is 1.45. The molecule has 0 aromatic rings. The molecule has 25 heavy (non-hydrogen) atoms. The molecule has 0 aromatic heterocycles. The number of piperidine rings is 2. The van der Waals surface area contributed by atoms with E-state index in [2.05, 4.69) is 10.2 Å². The van der Waals surface area contributed by atoms with Crippen molar-refractivity contribution in [1.82, 2.24) is 15.1 Å². The molecular weight excluding hydrogens is 318 g/mol. The van der Waals surface area contributed by atoms with Crippen molar-refractivity contribution < 1.29 is 14.3 Å². The Balaban J connectivity index is 1.34. The van der Waals surface area contributed by atoms with Crippen molar-refractivity contribution in [3.8, 4) is 0 Å². The Kier molecular flexibility index (Phi) is 4.65. The van der Waals surface area contributed by atoms with Crippen molar-refractivity contribution in [3.05, 3.63) is 0 Å². The van der Waals surface area contributed by atoms with E-state index in [-0.39, 0.29) is 17.4 Å². The fourth-order valence-corrected chi connectivity index (χ4v) is 5.69. The first-order valence-electron chi connectivity index (χ1n) is 9.96. The van der Waals surface area contributed by atoms with Gasteiger partial charge in [-0.2, -0.15) is 0 Å². The van der Waals surface area contributed by atoms with Gasteiger partial charge in [-0.1, -0.05) is 0 Å². The molecule has 6 heteroatoms. The van der Waals surface area contributed by atoms with Gasteiger partial charge in [0, 0.05) is 31.6 Å². The molecule has 0 aromatic carbocycles. The van der Waals surface area contributed by atoms with Gasteiger partial charge in [-0.15, -0.1) is 0 Å². The third-order valence-corrected chi connectivity index (χ3v) is 7.12. The number of carbonyl (C=O) groups excluding carboxylic acids is 2. The van der Waals surface area contributed by atoms with Crippen LogP contribution in [0.1, 0.15) is 44.9 Å². The molecule has 4 fully saturated rings. The summed E-state index contributed by atoms with van der Waals surface area (Å²) >= 11 is 0. The van der Waals surface area contributed by atoms with E-state index in [1.54, 1.807) is 0 Å². The molecule has 4 aliphatic rings. The highest BCUT2D eigenvalue weighted by Crippen LogP contribution is 2.51. The maximum atomic E-state index is 13.1. The summed E-state index contributed by atoms with van der Waals surface area (Å²) in [6.45, 7) is 4.65. The number of hydrogen-bond acceptors (Lipinski definition) is 4. The highest BCUT2D eigenvalue weighted by Gasteiger charge is 2.53. The predicted molar refractivity (Wildman–Crippen MR) is 94.1 cm³/mol. The minimum absolute atomic E-state index is 0.208. The first-order valence-corrected chi connectivity index (χ1v) is 9.96. The largest absolute Gasteiger partial charge is 0.453 e. The maximum absolute atomic E-state index is 13.1. The van der Waals surface area contributed by atoms with E-state index in [0.717, 1.165) is 77.7 Å². The van der Waals surface area contributed by atoms with Crippen LogP contribution in [0.15, 0.2) is 0 Å². The molecule has 3 aliphatic heterocycles. The van der Waals surface area contributed by atoms with Gasteiger partial charge in [0.05, 0.1) is 7.11 Å². The van der Waals surface area contributed by atoms with Crippen LogP contribution >= 0.6 is 0 Å². The Morgan fingerprint density at radius 1 is 1.20 bits per heavy atom. The van der Waals surface area contributed by atoms with Crippen LogP contribution in [0.4, 0.5) is 4.79 Å². The lowest BCUT2D eigenvalue weighted by Crippen LogP contribution is -2.58. The lowest BCUT2D eigenvalue weighted by Gasteiger charge is -2.52. The van der Waals surface area contributed by atoms with E-state index in [0.29, 0.717) is 17.9 Å². The fourth-order valence-electron chi connectivity index (χ4n) is 5.69. The number of ether oxygens (including phenoxy) is 1. The Hall–Kier alpha value is -1.30. The summed E-state index contributed by atoms with van der Waals surface area (Å²) in [5.74, 6) is 1.25. The lowest BCUT2D eigenvalue weighted by molar-refractivity contribution is -0.149. The van der Waals surface area contributed by atoms with Gasteiger partial charge in [0.2, 0.25) is 5.91 Å². The molecular formula is C19H31N3O3. The molecule has 1 unspecified atom stereocenters. The van der Waals surface area contributed by atoms with Crippen LogP contribution in [0.5, 0.6) is 0 Å². The van der Waals surface area contributed by atoms with Crippen molar-refractivity contribution in [2.45, 2.75) is 51.0 Å². The highest BCUT2D eigenvalue weighted by atomic mass is 16.5. The topological polar surface area (TPSA) is 61.9 Å². The van der Waals surface area contributed by atoms with E-state index in [4.69, 9.17) is 4.74 Å². The van der Waals surface area contributed by atoms with Crippen molar-refractivity contribution in [2.75, 3.05) is 39.8 Å². The van der Waals surface area contributed by atoms with E-state index in [1.165, 1.54) is 7.11 Å². The second-order valence-corrected chi connectivity index (χ2v) is 8.57. The Morgan fingerprint density at radius 2 is 1.96 bits per heavy atom. The average molecular weight is 349 g/mol. The molecule has 6 nitrogen and oxygen atoms in total. The van der Waals surface area contributed by atoms with E-state index >= 15 is 0 Å². The molecule has 140 valence electrons. The van der Waals surface area contributed by atoms with Crippen LogP contribution < -0.4 is 5.32 Å². The number of amides is 2. The molecule has 1 saturated carbocycles. The van der Waals surface area contributed by atoms with Gasteiger partial charge in [0.1, 0.15) is 0 Å². The van der Waals surface area contributed by atoms with Crippen LogP contribution in [0, 0.1) is 17.3 Å². The molecule has 2 amide bonds.